The van der Waals surface area contributed by atoms with E-state index in [0.29, 0.717) is 6.54 Å². The average Bonchev–Trinajstić information content (AvgIpc) is 3.08. The standard InChI is InChI=1S/C25H28N2O6/c1-25(2)14-27(22(25)23(30)31)21(29)11-15(28)12-26-24(32)33-13-20-18-9-5-3-7-16(18)17-8-4-6-10-19(17)20/h3-10,15,20,22,28H,11-14H2,1-2H3,(H,26,32)(H,30,31). The van der Waals surface area contributed by atoms with E-state index in [1.165, 1.54) is 4.90 Å². The molecule has 0 spiro atoms. The molecule has 1 heterocycles. The number of aliphatic hydroxyl groups excluding tert-OH is 1. The van der Waals surface area contributed by atoms with E-state index in [4.69, 9.17) is 4.74 Å². The van der Waals surface area contributed by atoms with Gasteiger partial charge < -0.3 is 25.2 Å². The Bertz CT molecular complexity index is 1040. The van der Waals surface area contributed by atoms with E-state index in [2.05, 4.69) is 17.4 Å². The Balaban J connectivity index is 1.27. The molecule has 174 valence electrons. The van der Waals surface area contributed by atoms with Gasteiger partial charge >= 0.3 is 12.1 Å². The second kappa shape index (κ2) is 8.86. The third-order valence-electron chi connectivity index (χ3n) is 6.42. The molecule has 2 aromatic carbocycles. The van der Waals surface area contributed by atoms with Crippen LogP contribution in [0, 0.1) is 5.41 Å². The molecule has 2 aliphatic rings. The number of nitrogens with zero attached hydrogens (tertiary/aromatic N) is 1. The van der Waals surface area contributed by atoms with E-state index in [0.717, 1.165) is 22.3 Å². The van der Waals surface area contributed by atoms with Crippen molar-refractivity contribution in [3.05, 3.63) is 59.7 Å². The van der Waals surface area contributed by atoms with Crippen molar-refractivity contribution in [2.24, 2.45) is 5.41 Å². The Morgan fingerprint density at radius 1 is 1.09 bits per heavy atom. The molecule has 0 aromatic heterocycles. The number of carbonyl (C=O) groups is 3. The van der Waals surface area contributed by atoms with Crippen molar-refractivity contribution >= 4 is 18.0 Å². The van der Waals surface area contributed by atoms with Crippen LogP contribution in [0.4, 0.5) is 4.79 Å². The topological polar surface area (TPSA) is 116 Å². The number of hydrogen-bond acceptors (Lipinski definition) is 5. The lowest BCUT2D eigenvalue weighted by Gasteiger charge is -2.51. The van der Waals surface area contributed by atoms with E-state index in [-0.39, 0.29) is 25.5 Å². The van der Waals surface area contributed by atoms with Gasteiger partial charge in [-0.05, 0) is 22.3 Å². The maximum absolute atomic E-state index is 12.4. The summed E-state index contributed by atoms with van der Waals surface area (Å²) in [6, 6.07) is 15.1. The summed E-state index contributed by atoms with van der Waals surface area (Å²) < 4.78 is 5.42. The van der Waals surface area contributed by atoms with Gasteiger partial charge in [-0.1, -0.05) is 62.4 Å². The zero-order valence-electron chi connectivity index (χ0n) is 18.7. The Kier molecular flexibility index (Phi) is 6.12. The summed E-state index contributed by atoms with van der Waals surface area (Å²) in [6.45, 7) is 3.86. The molecule has 8 nitrogen and oxygen atoms in total. The van der Waals surface area contributed by atoms with E-state index in [1.807, 2.05) is 36.4 Å². The predicted molar refractivity (Wildman–Crippen MR) is 121 cm³/mol. The van der Waals surface area contributed by atoms with Crippen molar-refractivity contribution in [2.45, 2.75) is 38.3 Å². The van der Waals surface area contributed by atoms with Crippen molar-refractivity contribution in [3.8, 4) is 11.1 Å². The van der Waals surface area contributed by atoms with Crippen LogP contribution in [0.3, 0.4) is 0 Å². The highest BCUT2D eigenvalue weighted by Crippen LogP contribution is 2.44. The molecule has 0 saturated carbocycles. The molecule has 1 fully saturated rings. The lowest BCUT2D eigenvalue weighted by Crippen LogP contribution is -2.67. The number of carboxylic acids is 1. The lowest BCUT2D eigenvalue weighted by atomic mass is 9.74. The first kappa shape index (κ1) is 22.8. The van der Waals surface area contributed by atoms with Gasteiger partial charge in [0.05, 0.1) is 12.5 Å². The molecule has 0 radical (unpaired) electrons. The number of fused-ring (bicyclic) bond motifs is 3. The molecular weight excluding hydrogens is 424 g/mol. The Morgan fingerprint density at radius 2 is 1.67 bits per heavy atom. The first-order valence-corrected chi connectivity index (χ1v) is 11.0. The van der Waals surface area contributed by atoms with Crippen LogP contribution in [0.2, 0.25) is 0 Å². The molecule has 3 N–H and O–H groups in total. The number of aliphatic carboxylic acids is 1. The van der Waals surface area contributed by atoms with Gasteiger partial charge in [-0.2, -0.15) is 0 Å². The number of amides is 2. The number of ether oxygens (including phenoxy) is 1. The Labute approximate surface area is 192 Å². The fourth-order valence-corrected chi connectivity index (χ4v) is 4.87. The van der Waals surface area contributed by atoms with E-state index >= 15 is 0 Å². The number of hydrogen-bond donors (Lipinski definition) is 3. The molecule has 4 rings (SSSR count). The van der Waals surface area contributed by atoms with Crippen molar-refractivity contribution in [1.82, 2.24) is 10.2 Å². The van der Waals surface area contributed by atoms with Crippen molar-refractivity contribution in [1.29, 1.82) is 0 Å². The predicted octanol–water partition coefficient (Wildman–Crippen LogP) is 2.60. The van der Waals surface area contributed by atoms with Crippen LogP contribution in [-0.2, 0) is 14.3 Å². The zero-order chi connectivity index (χ0) is 23.8. The molecule has 8 heteroatoms. The highest BCUT2D eigenvalue weighted by atomic mass is 16.5. The second-order valence-corrected chi connectivity index (χ2v) is 9.32. The smallest absolute Gasteiger partial charge is 0.407 e. The van der Waals surface area contributed by atoms with Crippen LogP contribution < -0.4 is 5.32 Å². The molecule has 0 bridgehead atoms. The number of carboxylic acid groups (broad SMARTS) is 1. The largest absolute Gasteiger partial charge is 0.480 e. The van der Waals surface area contributed by atoms with Crippen LogP contribution in [0.15, 0.2) is 48.5 Å². The van der Waals surface area contributed by atoms with Crippen molar-refractivity contribution < 1.29 is 29.3 Å². The summed E-state index contributed by atoms with van der Waals surface area (Å²) in [5.41, 5.74) is 3.95. The molecule has 1 saturated heterocycles. The van der Waals surface area contributed by atoms with Crippen LogP contribution in [0.5, 0.6) is 0 Å². The van der Waals surface area contributed by atoms with Gasteiger partial charge in [-0.3, -0.25) is 4.79 Å². The fraction of sp³-hybridized carbons (Fsp3) is 0.400. The minimum atomic E-state index is -1.14. The number of carbonyl (C=O) groups excluding carboxylic acids is 2. The highest BCUT2D eigenvalue weighted by molar-refractivity contribution is 5.86. The van der Waals surface area contributed by atoms with Gasteiger partial charge in [0.15, 0.2) is 0 Å². The lowest BCUT2D eigenvalue weighted by molar-refractivity contribution is -0.172. The van der Waals surface area contributed by atoms with Gasteiger partial charge in [-0.25, -0.2) is 9.59 Å². The first-order valence-electron chi connectivity index (χ1n) is 11.0. The maximum Gasteiger partial charge on any atom is 0.407 e. The number of benzene rings is 2. The summed E-state index contributed by atoms with van der Waals surface area (Å²) in [7, 11) is 0. The number of rotatable bonds is 7. The molecule has 2 amide bonds. The highest BCUT2D eigenvalue weighted by Gasteiger charge is 2.52. The third-order valence-corrected chi connectivity index (χ3v) is 6.42. The molecule has 1 aliphatic heterocycles. The van der Waals surface area contributed by atoms with Crippen molar-refractivity contribution in [2.75, 3.05) is 19.7 Å². The SMILES string of the molecule is CC1(C)CN(C(=O)CC(O)CNC(=O)OCC2c3ccccc3-c3ccccc32)C1C(=O)O. The normalized spacial score (nSPS) is 19.1. The number of nitrogens with one attached hydrogen (secondary N) is 1. The fourth-order valence-electron chi connectivity index (χ4n) is 4.87. The Morgan fingerprint density at radius 3 is 2.21 bits per heavy atom. The minimum absolute atomic E-state index is 0.0719. The second-order valence-electron chi connectivity index (χ2n) is 9.32. The minimum Gasteiger partial charge on any atom is -0.480 e. The average molecular weight is 453 g/mol. The van der Waals surface area contributed by atoms with Crippen LogP contribution >= 0.6 is 0 Å². The van der Waals surface area contributed by atoms with Crippen LogP contribution in [-0.4, -0.2) is 64.9 Å². The van der Waals surface area contributed by atoms with Gasteiger partial charge in [-0.15, -0.1) is 0 Å². The summed E-state index contributed by atoms with van der Waals surface area (Å²) in [5, 5.41) is 22.0. The van der Waals surface area contributed by atoms with Crippen LogP contribution in [0.25, 0.3) is 11.1 Å². The third kappa shape index (κ3) is 4.43. The summed E-state index contributed by atoms with van der Waals surface area (Å²) in [5.74, 6) is -1.59. The number of likely N-dealkylation sites (tertiary alicyclic amines) is 1. The van der Waals surface area contributed by atoms with Gasteiger partial charge in [0.25, 0.3) is 0 Å². The van der Waals surface area contributed by atoms with E-state index in [9.17, 15) is 24.6 Å². The molecule has 33 heavy (non-hydrogen) atoms. The van der Waals surface area contributed by atoms with Gasteiger partial charge in [0, 0.05) is 24.4 Å². The van der Waals surface area contributed by atoms with Gasteiger partial charge in [0.2, 0.25) is 5.91 Å². The monoisotopic (exact) mass is 452 g/mol. The molecule has 2 aromatic rings. The molecular formula is C25H28N2O6. The molecule has 2 unspecified atom stereocenters. The maximum atomic E-state index is 12.4. The van der Waals surface area contributed by atoms with Gasteiger partial charge in [0.1, 0.15) is 12.6 Å². The molecule has 1 aliphatic carbocycles. The van der Waals surface area contributed by atoms with E-state index < -0.39 is 35.5 Å². The quantitative estimate of drug-likeness (QED) is 0.595. The van der Waals surface area contributed by atoms with Crippen molar-refractivity contribution in [3.63, 3.8) is 0 Å². The summed E-state index contributed by atoms with van der Waals surface area (Å²) in [4.78, 5) is 37.3. The Hall–Kier alpha value is -3.39. The molecule has 2 atom stereocenters. The number of aliphatic hydroxyl groups is 1. The van der Waals surface area contributed by atoms with E-state index in [1.54, 1.807) is 13.8 Å². The first-order chi connectivity index (χ1) is 15.7. The summed E-state index contributed by atoms with van der Waals surface area (Å²) in [6.07, 6.45) is -2.10. The van der Waals surface area contributed by atoms with Crippen LogP contribution in [0.1, 0.15) is 37.3 Å². The zero-order valence-corrected chi connectivity index (χ0v) is 18.7. The summed E-state index contributed by atoms with van der Waals surface area (Å²) >= 11 is 0. The number of alkyl carbamates (subject to hydrolysis) is 1.